The summed E-state index contributed by atoms with van der Waals surface area (Å²) in [7, 11) is 3.41. The Balaban J connectivity index is 2.22. The first kappa shape index (κ1) is 14.2. The molecule has 0 aliphatic carbocycles. The zero-order valence-corrected chi connectivity index (χ0v) is 11.8. The Morgan fingerprint density at radius 3 is 2.37 bits per heavy atom. The van der Waals surface area contributed by atoms with Crippen LogP contribution in [0.15, 0.2) is 12.1 Å². The third kappa shape index (κ3) is 3.05. The van der Waals surface area contributed by atoms with Gasteiger partial charge in [0.25, 0.3) is 0 Å². The fourth-order valence-corrected chi connectivity index (χ4v) is 2.45. The fourth-order valence-electron chi connectivity index (χ4n) is 2.45. The van der Waals surface area contributed by atoms with Gasteiger partial charge in [-0.2, -0.15) is 0 Å². The zero-order chi connectivity index (χ0) is 13.8. The van der Waals surface area contributed by atoms with Crippen LogP contribution in [0.4, 0.5) is 5.82 Å². The van der Waals surface area contributed by atoms with Crippen molar-refractivity contribution in [2.24, 2.45) is 0 Å². The van der Waals surface area contributed by atoms with Crippen LogP contribution in [-0.4, -0.2) is 49.6 Å². The van der Waals surface area contributed by atoms with E-state index in [0.717, 1.165) is 36.6 Å². The number of rotatable bonds is 5. The molecular weight excluding hydrogens is 244 g/mol. The van der Waals surface area contributed by atoms with Gasteiger partial charge >= 0.3 is 0 Å². The third-order valence-electron chi connectivity index (χ3n) is 3.61. The number of nitrogens with zero attached hydrogens (tertiary/aromatic N) is 2. The van der Waals surface area contributed by atoms with Gasteiger partial charge in [-0.15, -0.1) is 0 Å². The van der Waals surface area contributed by atoms with E-state index >= 15 is 0 Å². The van der Waals surface area contributed by atoms with E-state index in [2.05, 4.69) is 16.8 Å². The number of aliphatic hydroxyl groups is 1. The van der Waals surface area contributed by atoms with Crippen LogP contribution >= 0.6 is 0 Å². The lowest BCUT2D eigenvalue weighted by Crippen LogP contribution is -2.27. The number of anilines is 1. The first-order chi connectivity index (χ1) is 9.21. The second kappa shape index (κ2) is 6.32. The minimum Gasteiger partial charge on any atom is -0.392 e. The van der Waals surface area contributed by atoms with Crippen molar-refractivity contribution < 1.29 is 14.6 Å². The Morgan fingerprint density at radius 2 is 1.89 bits per heavy atom. The molecule has 2 heterocycles. The maximum absolute atomic E-state index is 9.33. The van der Waals surface area contributed by atoms with Crippen LogP contribution in [0.2, 0.25) is 0 Å². The largest absolute Gasteiger partial charge is 0.392 e. The highest BCUT2D eigenvalue weighted by molar-refractivity contribution is 5.44. The number of pyridine rings is 1. The molecule has 2 unspecified atom stereocenters. The summed E-state index contributed by atoms with van der Waals surface area (Å²) in [5.41, 5.74) is 1.90. The van der Waals surface area contributed by atoms with Crippen LogP contribution < -0.4 is 4.90 Å². The first-order valence-corrected chi connectivity index (χ1v) is 6.63. The van der Waals surface area contributed by atoms with E-state index < -0.39 is 0 Å². The van der Waals surface area contributed by atoms with Gasteiger partial charge in [0.1, 0.15) is 18.0 Å². The monoisotopic (exact) mass is 266 g/mol. The SMILES string of the molecule is CCc1cc(CO)cc(N2CC(OC)C(OC)C2)n1. The Labute approximate surface area is 114 Å². The molecule has 0 amide bonds. The van der Waals surface area contributed by atoms with Crippen molar-refractivity contribution in [2.45, 2.75) is 32.2 Å². The van der Waals surface area contributed by atoms with Crippen molar-refractivity contribution in [3.63, 3.8) is 0 Å². The normalized spacial score (nSPS) is 23.1. The summed E-state index contributed by atoms with van der Waals surface area (Å²) in [5, 5.41) is 9.33. The van der Waals surface area contributed by atoms with Gasteiger partial charge in [0, 0.05) is 33.0 Å². The van der Waals surface area contributed by atoms with Crippen LogP contribution in [0, 0.1) is 0 Å². The molecule has 1 saturated heterocycles. The Hall–Kier alpha value is -1.17. The lowest BCUT2D eigenvalue weighted by molar-refractivity contribution is -0.00461. The van der Waals surface area contributed by atoms with Crippen molar-refractivity contribution in [3.05, 3.63) is 23.4 Å². The highest BCUT2D eigenvalue weighted by Crippen LogP contribution is 2.23. The molecule has 0 radical (unpaired) electrons. The van der Waals surface area contributed by atoms with Crippen LogP contribution in [-0.2, 0) is 22.5 Å². The standard InChI is InChI=1S/C14H22N2O3/c1-4-11-5-10(9-17)6-14(15-11)16-7-12(18-2)13(8-16)19-3/h5-6,12-13,17H,4,7-9H2,1-3H3. The van der Waals surface area contributed by atoms with Gasteiger partial charge in [-0.25, -0.2) is 4.98 Å². The predicted octanol–water partition coefficient (Wildman–Crippen LogP) is 0.986. The zero-order valence-electron chi connectivity index (χ0n) is 11.8. The number of hydrogen-bond acceptors (Lipinski definition) is 5. The molecular formula is C14H22N2O3. The van der Waals surface area contributed by atoms with Crippen LogP contribution in [0.3, 0.4) is 0 Å². The van der Waals surface area contributed by atoms with Gasteiger partial charge in [-0.1, -0.05) is 6.92 Å². The summed E-state index contributed by atoms with van der Waals surface area (Å²) in [5.74, 6) is 0.894. The van der Waals surface area contributed by atoms with Gasteiger partial charge in [-0.3, -0.25) is 0 Å². The summed E-state index contributed by atoms with van der Waals surface area (Å²) < 4.78 is 10.9. The summed E-state index contributed by atoms with van der Waals surface area (Å²) in [6.07, 6.45) is 0.986. The highest BCUT2D eigenvalue weighted by atomic mass is 16.5. The van der Waals surface area contributed by atoms with Gasteiger partial charge < -0.3 is 19.5 Å². The molecule has 1 aromatic heterocycles. The summed E-state index contributed by atoms with van der Waals surface area (Å²) in [6.45, 7) is 3.63. The number of aryl methyl sites for hydroxylation is 1. The van der Waals surface area contributed by atoms with Crippen molar-refractivity contribution in [2.75, 3.05) is 32.2 Å². The van der Waals surface area contributed by atoms with E-state index in [1.807, 2.05) is 12.1 Å². The topological polar surface area (TPSA) is 54.8 Å². The van der Waals surface area contributed by atoms with E-state index in [9.17, 15) is 5.11 Å². The van der Waals surface area contributed by atoms with Crippen molar-refractivity contribution in [1.82, 2.24) is 4.98 Å². The molecule has 106 valence electrons. The number of methoxy groups -OCH3 is 2. The molecule has 5 nitrogen and oxygen atoms in total. The Bertz CT molecular complexity index is 391. The second-order valence-corrected chi connectivity index (χ2v) is 4.79. The smallest absolute Gasteiger partial charge is 0.129 e. The quantitative estimate of drug-likeness (QED) is 0.861. The molecule has 1 aliphatic heterocycles. The van der Waals surface area contributed by atoms with E-state index in [-0.39, 0.29) is 18.8 Å². The van der Waals surface area contributed by atoms with Crippen LogP contribution in [0.25, 0.3) is 0 Å². The fraction of sp³-hybridized carbons (Fsp3) is 0.643. The molecule has 1 aromatic rings. The molecule has 0 aromatic carbocycles. The molecule has 5 heteroatoms. The number of aliphatic hydroxyl groups excluding tert-OH is 1. The average Bonchev–Trinajstić information content (AvgIpc) is 2.89. The van der Waals surface area contributed by atoms with E-state index in [1.54, 1.807) is 14.2 Å². The minimum absolute atomic E-state index is 0.0395. The van der Waals surface area contributed by atoms with Gasteiger partial charge in [0.05, 0.1) is 6.61 Å². The van der Waals surface area contributed by atoms with Gasteiger partial charge in [-0.05, 0) is 24.1 Å². The van der Waals surface area contributed by atoms with Gasteiger partial charge in [0.15, 0.2) is 0 Å². The first-order valence-electron chi connectivity index (χ1n) is 6.63. The van der Waals surface area contributed by atoms with Crippen molar-refractivity contribution in [3.8, 4) is 0 Å². The summed E-state index contributed by atoms with van der Waals surface area (Å²) in [4.78, 5) is 6.78. The maximum atomic E-state index is 9.33. The predicted molar refractivity (Wildman–Crippen MR) is 73.3 cm³/mol. The van der Waals surface area contributed by atoms with Gasteiger partial charge in [0.2, 0.25) is 0 Å². The van der Waals surface area contributed by atoms with Crippen molar-refractivity contribution in [1.29, 1.82) is 0 Å². The summed E-state index contributed by atoms with van der Waals surface area (Å²) >= 11 is 0. The average molecular weight is 266 g/mol. The molecule has 1 N–H and O–H groups in total. The van der Waals surface area contributed by atoms with Crippen molar-refractivity contribution >= 4 is 5.82 Å². The van der Waals surface area contributed by atoms with E-state index in [1.165, 1.54) is 0 Å². The van der Waals surface area contributed by atoms with E-state index in [0.29, 0.717) is 0 Å². The Morgan fingerprint density at radius 1 is 1.26 bits per heavy atom. The molecule has 2 atom stereocenters. The molecule has 0 spiro atoms. The molecule has 0 bridgehead atoms. The highest BCUT2D eigenvalue weighted by Gasteiger charge is 2.33. The van der Waals surface area contributed by atoms with E-state index in [4.69, 9.17) is 9.47 Å². The molecule has 1 fully saturated rings. The molecule has 2 rings (SSSR count). The maximum Gasteiger partial charge on any atom is 0.129 e. The molecule has 19 heavy (non-hydrogen) atoms. The lowest BCUT2D eigenvalue weighted by Gasteiger charge is -2.18. The summed E-state index contributed by atoms with van der Waals surface area (Å²) in [6, 6.07) is 3.88. The Kier molecular flexibility index (Phi) is 4.74. The molecule has 1 aliphatic rings. The molecule has 0 saturated carbocycles. The lowest BCUT2D eigenvalue weighted by atomic mass is 10.2. The van der Waals surface area contributed by atoms with Crippen LogP contribution in [0.5, 0.6) is 0 Å². The second-order valence-electron chi connectivity index (χ2n) is 4.79. The van der Waals surface area contributed by atoms with Crippen LogP contribution in [0.1, 0.15) is 18.2 Å². The third-order valence-corrected chi connectivity index (χ3v) is 3.61. The minimum atomic E-state index is 0.0395. The number of ether oxygens (including phenoxy) is 2. The number of aromatic nitrogens is 1. The number of hydrogen-bond donors (Lipinski definition) is 1.